The van der Waals surface area contributed by atoms with Crippen LogP contribution in [-0.2, 0) is 17.1 Å². The summed E-state index contributed by atoms with van der Waals surface area (Å²) in [6, 6.07) is 12.9. The van der Waals surface area contributed by atoms with E-state index >= 15 is 0 Å². The van der Waals surface area contributed by atoms with Gasteiger partial charge in [-0.2, -0.15) is 0 Å². The normalized spacial score (nSPS) is 12.0. The third-order valence-corrected chi connectivity index (χ3v) is 6.97. The predicted octanol–water partition coefficient (Wildman–Crippen LogP) is 4.55. The van der Waals surface area contributed by atoms with Gasteiger partial charge in [-0.05, 0) is 50.2 Å². The van der Waals surface area contributed by atoms with Crippen LogP contribution in [0.25, 0.3) is 11.3 Å². The minimum Gasteiger partial charge on any atom is -0.372 e. The van der Waals surface area contributed by atoms with Gasteiger partial charge in [-0.25, -0.2) is 18.5 Å². The van der Waals surface area contributed by atoms with Crippen LogP contribution >= 0.6 is 35.3 Å². The van der Waals surface area contributed by atoms with E-state index in [1.807, 2.05) is 29.1 Å². The van der Waals surface area contributed by atoms with Crippen LogP contribution in [0.15, 0.2) is 57.7 Å². The molecule has 0 unspecified atom stereocenters. The summed E-state index contributed by atoms with van der Waals surface area (Å²) in [5, 5.41) is 7.30. The zero-order valence-corrected chi connectivity index (χ0v) is 20.1. The lowest BCUT2D eigenvalue weighted by Crippen LogP contribution is -2.21. The summed E-state index contributed by atoms with van der Waals surface area (Å²) in [6.45, 7) is 6.18. The Morgan fingerprint density at radius 3 is 2.33 bits per heavy atom. The molecule has 0 bridgehead atoms. The van der Waals surface area contributed by atoms with Crippen molar-refractivity contribution in [3.63, 3.8) is 0 Å². The fraction of sp³-hybridized carbons (Fsp3) is 0.250. The summed E-state index contributed by atoms with van der Waals surface area (Å²) in [5.41, 5.74) is 3.55. The second-order valence-corrected chi connectivity index (χ2v) is 9.23. The van der Waals surface area contributed by atoms with Gasteiger partial charge in [0.1, 0.15) is 4.90 Å². The molecule has 0 spiro atoms. The summed E-state index contributed by atoms with van der Waals surface area (Å²) in [7, 11) is -2.01. The van der Waals surface area contributed by atoms with Gasteiger partial charge in [0.05, 0.1) is 16.4 Å². The Morgan fingerprint density at radius 1 is 1.13 bits per heavy atom. The fourth-order valence-corrected chi connectivity index (χ4v) is 5.05. The average Bonchev–Trinajstić information content (AvgIpc) is 3.04. The second-order valence-electron chi connectivity index (χ2n) is 6.45. The molecule has 0 saturated carbocycles. The first-order valence-electron chi connectivity index (χ1n) is 9.11. The Bertz CT molecular complexity index is 1180. The van der Waals surface area contributed by atoms with Crippen LogP contribution in [0.4, 0.5) is 11.4 Å². The van der Waals surface area contributed by atoms with Crippen molar-refractivity contribution in [2.45, 2.75) is 18.7 Å². The Kier molecular flexibility index (Phi) is 8.13. The van der Waals surface area contributed by atoms with Crippen LogP contribution < -0.4 is 14.8 Å². The molecule has 10 heteroatoms. The molecule has 0 amide bonds. The van der Waals surface area contributed by atoms with Gasteiger partial charge in [-0.15, -0.1) is 23.7 Å². The number of aromatic nitrogens is 1. The fourth-order valence-electron chi connectivity index (χ4n) is 3.05. The van der Waals surface area contributed by atoms with E-state index in [1.54, 1.807) is 6.07 Å². The molecule has 162 valence electrons. The number of hydrogen-bond donors (Lipinski definition) is 1. The third-order valence-electron chi connectivity index (χ3n) is 4.66. The van der Waals surface area contributed by atoms with Crippen molar-refractivity contribution in [3.05, 3.63) is 57.7 Å². The molecule has 2 aromatic carbocycles. The number of halogens is 2. The molecule has 0 saturated heterocycles. The third kappa shape index (κ3) is 5.25. The molecule has 0 aliphatic heterocycles. The van der Waals surface area contributed by atoms with Gasteiger partial charge in [0, 0.05) is 36.8 Å². The SMILES string of the molecule is CCN(CC)c1ccc(N=c2scc(-c3ccc(Cl)c(S(N)(=O)=O)c3)n2C)cc1.Cl. The van der Waals surface area contributed by atoms with Crippen molar-refractivity contribution >= 4 is 56.7 Å². The summed E-state index contributed by atoms with van der Waals surface area (Å²) < 4.78 is 25.4. The van der Waals surface area contributed by atoms with Crippen LogP contribution in [0.3, 0.4) is 0 Å². The topological polar surface area (TPSA) is 80.7 Å². The molecule has 0 atom stereocenters. The standard InChI is InChI=1S/C20H23ClN4O2S2.ClH/c1-4-25(5-2)16-9-7-15(8-10-16)23-20-24(3)18(13-28-20)14-6-11-17(21)19(12-14)29(22,26)27;/h6-13H,4-5H2,1-3H3,(H2,22,26,27);1H. The number of anilines is 1. The van der Waals surface area contributed by atoms with Crippen molar-refractivity contribution < 1.29 is 8.42 Å². The molecular formula is C20H24Cl2N4O2S2. The van der Waals surface area contributed by atoms with Crippen molar-refractivity contribution in [2.75, 3.05) is 18.0 Å². The van der Waals surface area contributed by atoms with E-state index in [2.05, 4.69) is 30.9 Å². The molecule has 6 nitrogen and oxygen atoms in total. The first-order valence-corrected chi connectivity index (χ1v) is 11.9. The van der Waals surface area contributed by atoms with E-state index in [-0.39, 0.29) is 22.3 Å². The van der Waals surface area contributed by atoms with E-state index in [9.17, 15) is 8.42 Å². The van der Waals surface area contributed by atoms with E-state index in [1.165, 1.54) is 29.2 Å². The molecule has 2 N–H and O–H groups in total. The highest BCUT2D eigenvalue weighted by Crippen LogP contribution is 2.28. The monoisotopic (exact) mass is 486 g/mol. The summed E-state index contributed by atoms with van der Waals surface area (Å²) in [4.78, 5) is 7.70. The number of benzene rings is 2. The van der Waals surface area contributed by atoms with Crippen molar-refractivity contribution in [1.82, 2.24) is 4.57 Å². The van der Waals surface area contributed by atoms with E-state index in [0.717, 1.165) is 29.3 Å². The first kappa shape index (κ1) is 24.4. The van der Waals surface area contributed by atoms with E-state index < -0.39 is 10.0 Å². The lowest BCUT2D eigenvalue weighted by atomic mass is 10.2. The maximum atomic E-state index is 11.8. The van der Waals surface area contributed by atoms with Crippen LogP contribution in [0.1, 0.15) is 13.8 Å². The van der Waals surface area contributed by atoms with Crippen LogP contribution in [0, 0.1) is 0 Å². The van der Waals surface area contributed by atoms with Gasteiger partial charge in [0.25, 0.3) is 0 Å². The number of nitrogens with two attached hydrogens (primary N) is 1. The summed E-state index contributed by atoms with van der Waals surface area (Å²) >= 11 is 7.47. The van der Waals surface area contributed by atoms with Crippen LogP contribution in [-0.4, -0.2) is 26.1 Å². The lowest BCUT2D eigenvalue weighted by molar-refractivity contribution is 0.598. The first-order chi connectivity index (χ1) is 13.7. The zero-order chi connectivity index (χ0) is 21.2. The number of nitrogens with zero attached hydrogens (tertiary/aromatic N) is 3. The van der Waals surface area contributed by atoms with Gasteiger partial charge in [-0.1, -0.05) is 17.7 Å². The van der Waals surface area contributed by atoms with E-state index in [0.29, 0.717) is 5.56 Å². The number of hydrogen-bond acceptors (Lipinski definition) is 5. The molecule has 30 heavy (non-hydrogen) atoms. The maximum absolute atomic E-state index is 11.8. The Labute approximate surface area is 192 Å². The highest BCUT2D eigenvalue weighted by atomic mass is 35.5. The molecule has 1 aromatic heterocycles. The maximum Gasteiger partial charge on any atom is 0.239 e. The van der Waals surface area contributed by atoms with Gasteiger partial charge >= 0.3 is 0 Å². The highest BCUT2D eigenvalue weighted by Gasteiger charge is 2.15. The Morgan fingerprint density at radius 2 is 1.77 bits per heavy atom. The predicted molar refractivity (Wildman–Crippen MR) is 128 cm³/mol. The van der Waals surface area contributed by atoms with Gasteiger partial charge < -0.3 is 9.47 Å². The quantitative estimate of drug-likeness (QED) is 0.554. The smallest absolute Gasteiger partial charge is 0.239 e. The number of sulfonamides is 1. The Balaban J connectivity index is 0.00000320. The molecule has 0 aliphatic carbocycles. The minimum absolute atomic E-state index is 0. The van der Waals surface area contributed by atoms with Gasteiger partial charge in [0.15, 0.2) is 4.80 Å². The second kappa shape index (κ2) is 9.98. The minimum atomic E-state index is -3.90. The number of thiazole rings is 1. The van der Waals surface area contributed by atoms with Crippen molar-refractivity contribution in [3.8, 4) is 11.3 Å². The molecule has 0 fully saturated rings. The van der Waals surface area contributed by atoms with Crippen LogP contribution in [0.5, 0.6) is 0 Å². The molecule has 0 radical (unpaired) electrons. The van der Waals surface area contributed by atoms with Gasteiger partial charge in [-0.3, -0.25) is 0 Å². The highest BCUT2D eigenvalue weighted by molar-refractivity contribution is 7.89. The summed E-state index contributed by atoms with van der Waals surface area (Å²) in [5.74, 6) is 0. The Hall–Kier alpha value is -1.84. The van der Waals surface area contributed by atoms with Gasteiger partial charge in [0.2, 0.25) is 10.0 Å². The summed E-state index contributed by atoms with van der Waals surface area (Å²) in [6.07, 6.45) is 0. The zero-order valence-electron chi connectivity index (χ0n) is 16.9. The molecule has 0 aliphatic rings. The molecular weight excluding hydrogens is 463 g/mol. The number of rotatable bonds is 6. The molecule has 1 heterocycles. The number of primary sulfonamides is 1. The largest absolute Gasteiger partial charge is 0.372 e. The van der Waals surface area contributed by atoms with Crippen LogP contribution in [0.2, 0.25) is 5.02 Å². The lowest BCUT2D eigenvalue weighted by Gasteiger charge is -2.20. The van der Waals surface area contributed by atoms with Crippen molar-refractivity contribution in [2.24, 2.45) is 17.2 Å². The van der Waals surface area contributed by atoms with Crippen molar-refractivity contribution in [1.29, 1.82) is 0 Å². The molecule has 3 rings (SSSR count). The molecule has 3 aromatic rings. The van der Waals surface area contributed by atoms with E-state index in [4.69, 9.17) is 21.7 Å². The average molecular weight is 487 g/mol.